The molecule has 1 unspecified atom stereocenters. The van der Waals surface area contributed by atoms with E-state index in [2.05, 4.69) is 0 Å². The van der Waals surface area contributed by atoms with Crippen molar-refractivity contribution < 1.29 is 22.4 Å². The average molecular weight is 199 g/mol. The highest BCUT2D eigenvalue weighted by atomic mass is 19.4. The monoisotopic (exact) mass is 199 g/mol. The van der Waals surface area contributed by atoms with Gasteiger partial charge in [-0.2, -0.15) is 13.2 Å². The molecule has 0 N–H and O–H groups in total. The Bertz CT molecular complexity index is 209. The second kappa shape index (κ2) is 3.16. The van der Waals surface area contributed by atoms with E-state index in [-0.39, 0.29) is 13.1 Å². The maximum absolute atomic E-state index is 12.2. The molecule has 1 rings (SSSR count). The molecule has 13 heavy (non-hydrogen) atoms. The normalized spacial score (nSPS) is 21.2. The van der Waals surface area contributed by atoms with Crippen LogP contribution in [0.15, 0.2) is 0 Å². The van der Waals surface area contributed by atoms with Crippen molar-refractivity contribution in [3.63, 3.8) is 0 Å². The van der Waals surface area contributed by atoms with Crippen LogP contribution >= 0.6 is 0 Å². The molecule has 0 saturated carbocycles. The summed E-state index contributed by atoms with van der Waals surface area (Å²) in [5.74, 6) is -3.07. The van der Waals surface area contributed by atoms with Crippen molar-refractivity contribution in [1.29, 1.82) is 0 Å². The highest BCUT2D eigenvalue weighted by Gasteiger charge is 2.45. The van der Waals surface area contributed by atoms with Gasteiger partial charge in [-0.3, -0.25) is 4.79 Å². The third kappa shape index (κ3) is 2.10. The lowest BCUT2D eigenvalue weighted by molar-refractivity contribution is -0.189. The minimum atomic E-state index is -4.53. The van der Waals surface area contributed by atoms with Crippen LogP contribution < -0.4 is 0 Å². The number of rotatable bonds is 1. The van der Waals surface area contributed by atoms with Crippen LogP contribution in [0.2, 0.25) is 0 Å². The first kappa shape index (κ1) is 10.3. The Labute approximate surface area is 72.5 Å². The summed E-state index contributed by atoms with van der Waals surface area (Å²) in [4.78, 5) is 11.8. The summed E-state index contributed by atoms with van der Waals surface area (Å²) in [5, 5.41) is 0. The van der Waals surface area contributed by atoms with Crippen molar-refractivity contribution in [2.24, 2.45) is 5.92 Å². The molecular weight excluding hydrogens is 190 g/mol. The maximum atomic E-state index is 12.2. The lowest BCUT2D eigenvalue weighted by Crippen LogP contribution is -2.54. The fourth-order valence-corrected chi connectivity index (χ4v) is 1.02. The number of nitrogens with zero attached hydrogens (tertiary/aromatic N) is 1. The molecule has 2 nitrogen and oxygen atoms in total. The van der Waals surface area contributed by atoms with Crippen LogP contribution in [-0.2, 0) is 4.79 Å². The Morgan fingerprint density at radius 2 is 1.92 bits per heavy atom. The standard InChI is InChI=1S/C7H9F4NO/c1-4(7(9,10)11)6(13)12-2-5(8)3-12/h4-5H,2-3H2,1H3. The summed E-state index contributed by atoms with van der Waals surface area (Å²) < 4.78 is 48.1. The molecule has 0 aromatic carbocycles. The van der Waals surface area contributed by atoms with Gasteiger partial charge in [-0.15, -0.1) is 0 Å². The third-order valence-corrected chi connectivity index (χ3v) is 2.01. The predicted molar refractivity (Wildman–Crippen MR) is 36.7 cm³/mol. The minimum absolute atomic E-state index is 0.209. The number of carbonyl (C=O) groups excluding carboxylic acids is 1. The molecule has 0 aromatic heterocycles. The molecule has 1 heterocycles. The number of halogens is 4. The number of likely N-dealkylation sites (tertiary alicyclic amines) is 1. The Hall–Kier alpha value is -0.810. The number of hydrogen-bond acceptors (Lipinski definition) is 1. The lowest BCUT2D eigenvalue weighted by atomic mass is 10.1. The summed E-state index contributed by atoms with van der Waals surface area (Å²) >= 11 is 0. The van der Waals surface area contributed by atoms with Crippen LogP contribution in [0, 0.1) is 5.92 Å². The van der Waals surface area contributed by atoms with Crippen LogP contribution in [0.3, 0.4) is 0 Å². The molecule has 1 saturated heterocycles. The van der Waals surface area contributed by atoms with Gasteiger partial charge in [0.15, 0.2) is 0 Å². The Kier molecular flexibility index (Phi) is 2.49. The summed E-state index contributed by atoms with van der Waals surface area (Å²) in [6, 6.07) is 0. The van der Waals surface area contributed by atoms with Gasteiger partial charge in [-0.25, -0.2) is 4.39 Å². The lowest BCUT2D eigenvalue weighted by Gasteiger charge is -2.36. The zero-order valence-electron chi connectivity index (χ0n) is 6.94. The topological polar surface area (TPSA) is 20.3 Å². The molecule has 1 aliphatic heterocycles. The summed E-state index contributed by atoms with van der Waals surface area (Å²) in [7, 11) is 0. The van der Waals surface area contributed by atoms with Crippen molar-refractivity contribution in [2.75, 3.05) is 13.1 Å². The van der Waals surface area contributed by atoms with Crippen LogP contribution in [0.25, 0.3) is 0 Å². The van der Waals surface area contributed by atoms with Crippen molar-refractivity contribution in [3.8, 4) is 0 Å². The van der Waals surface area contributed by atoms with Crippen LogP contribution in [0.5, 0.6) is 0 Å². The van der Waals surface area contributed by atoms with Crippen molar-refractivity contribution in [1.82, 2.24) is 4.90 Å². The van der Waals surface area contributed by atoms with Gasteiger partial charge in [0, 0.05) is 0 Å². The first-order valence-electron chi connectivity index (χ1n) is 3.82. The first-order chi connectivity index (χ1) is 5.82. The molecule has 1 amide bonds. The SMILES string of the molecule is CC(C(=O)N1CC(F)C1)C(F)(F)F. The van der Waals surface area contributed by atoms with Gasteiger partial charge in [0.25, 0.3) is 0 Å². The summed E-state index contributed by atoms with van der Waals surface area (Å²) in [6.07, 6.45) is -5.69. The van der Waals surface area contributed by atoms with E-state index < -0.39 is 24.2 Å². The second-order valence-electron chi connectivity index (χ2n) is 3.10. The number of amides is 1. The molecule has 1 aliphatic rings. The second-order valence-corrected chi connectivity index (χ2v) is 3.10. The van der Waals surface area contributed by atoms with Gasteiger partial charge in [0.2, 0.25) is 5.91 Å². The van der Waals surface area contributed by atoms with E-state index in [1.54, 1.807) is 0 Å². The van der Waals surface area contributed by atoms with E-state index in [1.165, 1.54) is 0 Å². The maximum Gasteiger partial charge on any atom is 0.400 e. The first-order valence-corrected chi connectivity index (χ1v) is 3.82. The van der Waals surface area contributed by atoms with E-state index in [4.69, 9.17) is 0 Å². The van der Waals surface area contributed by atoms with Gasteiger partial charge in [-0.05, 0) is 6.92 Å². The van der Waals surface area contributed by atoms with Gasteiger partial charge < -0.3 is 4.90 Å². The minimum Gasteiger partial charge on any atom is -0.336 e. The molecule has 1 atom stereocenters. The van der Waals surface area contributed by atoms with Crippen LogP contribution in [0.1, 0.15) is 6.92 Å². The average Bonchev–Trinajstić information content (AvgIpc) is 1.94. The zero-order chi connectivity index (χ0) is 10.2. The van der Waals surface area contributed by atoms with Gasteiger partial charge in [0.1, 0.15) is 12.1 Å². The van der Waals surface area contributed by atoms with Gasteiger partial charge in [0.05, 0.1) is 13.1 Å². The molecule has 6 heteroatoms. The molecule has 0 bridgehead atoms. The van der Waals surface area contributed by atoms with Crippen molar-refractivity contribution >= 4 is 5.91 Å². The predicted octanol–water partition coefficient (Wildman–Crippen LogP) is 1.37. The Morgan fingerprint density at radius 3 is 2.23 bits per heavy atom. The van der Waals surface area contributed by atoms with Gasteiger partial charge >= 0.3 is 6.18 Å². The van der Waals surface area contributed by atoms with Crippen molar-refractivity contribution in [2.45, 2.75) is 19.3 Å². The zero-order valence-corrected chi connectivity index (χ0v) is 6.94. The van der Waals surface area contributed by atoms with Crippen molar-refractivity contribution in [3.05, 3.63) is 0 Å². The highest BCUT2D eigenvalue weighted by Crippen LogP contribution is 2.28. The van der Waals surface area contributed by atoms with E-state index in [0.717, 1.165) is 11.8 Å². The number of alkyl halides is 4. The van der Waals surface area contributed by atoms with E-state index in [0.29, 0.717) is 0 Å². The van der Waals surface area contributed by atoms with Crippen LogP contribution in [-0.4, -0.2) is 36.2 Å². The molecular formula is C7H9F4NO. The number of hydrogen-bond donors (Lipinski definition) is 0. The Balaban J connectivity index is 2.49. The van der Waals surface area contributed by atoms with E-state index in [9.17, 15) is 22.4 Å². The largest absolute Gasteiger partial charge is 0.400 e. The Morgan fingerprint density at radius 1 is 1.46 bits per heavy atom. The quantitative estimate of drug-likeness (QED) is 0.584. The number of carbonyl (C=O) groups is 1. The smallest absolute Gasteiger partial charge is 0.336 e. The van der Waals surface area contributed by atoms with E-state index in [1.807, 2.05) is 0 Å². The van der Waals surface area contributed by atoms with E-state index >= 15 is 0 Å². The summed E-state index contributed by atoms with van der Waals surface area (Å²) in [5.41, 5.74) is 0. The molecule has 0 aliphatic carbocycles. The van der Waals surface area contributed by atoms with Crippen LogP contribution in [0.4, 0.5) is 17.6 Å². The highest BCUT2D eigenvalue weighted by molar-refractivity contribution is 5.80. The van der Waals surface area contributed by atoms with Gasteiger partial charge in [-0.1, -0.05) is 0 Å². The third-order valence-electron chi connectivity index (χ3n) is 2.01. The molecule has 1 fully saturated rings. The molecule has 0 spiro atoms. The molecule has 0 aromatic rings. The summed E-state index contributed by atoms with van der Waals surface area (Å²) in [6.45, 7) is 0.367. The fraction of sp³-hybridized carbons (Fsp3) is 0.857. The fourth-order valence-electron chi connectivity index (χ4n) is 1.02. The molecule has 76 valence electrons. The molecule has 0 radical (unpaired) electrons.